The van der Waals surface area contributed by atoms with Crippen molar-refractivity contribution in [2.24, 2.45) is 0 Å². The second-order valence-electron chi connectivity index (χ2n) is 3.39. The summed E-state index contributed by atoms with van der Waals surface area (Å²) in [7, 11) is 0. The van der Waals surface area contributed by atoms with E-state index in [1.807, 2.05) is 25.1 Å². The van der Waals surface area contributed by atoms with Crippen molar-refractivity contribution in [3.05, 3.63) is 42.0 Å². The smallest absolute Gasteiger partial charge is 0.153 e. The zero-order chi connectivity index (χ0) is 11.1. The van der Waals surface area contributed by atoms with Gasteiger partial charge in [-0.15, -0.1) is 6.58 Å². The first-order chi connectivity index (χ1) is 7.29. The maximum atomic E-state index is 10.8. The Morgan fingerprint density at radius 3 is 2.93 bits per heavy atom. The summed E-state index contributed by atoms with van der Waals surface area (Å²) in [6.07, 6.45) is 4.55. The molecule has 1 aromatic carbocycles. The van der Waals surface area contributed by atoms with Gasteiger partial charge in [-0.2, -0.15) is 0 Å². The molecule has 2 nitrogen and oxygen atoms in total. The Hall–Kier alpha value is -1.57. The van der Waals surface area contributed by atoms with Gasteiger partial charge in [-0.3, -0.25) is 4.79 Å². The molecule has 0 spiro atoms. The van der Waals surface area contributed by atoms with Crippen LogP contribution in [0.2, 0.25) is 0 Å². The fourth-order valence-corrected chi connectivity index (χ4v) is 1.37. The zero-order valence-corrected chi connectivity index (χ0v) is 9.03. The van der Waals surface area contributed by atoms with Crippen molar-refractivity contribution in [1.29, 1.82) is 0 Å². The molecular formula is C13H16O2. The van der Waals surface area contributed by atoms with Gasteiger partial charge in [0.25, 0.3) is 0 Å². The fourth-order valence-electron chi connectivity index (χ4n) is 1.37. The van der Waals surface area contributed by atoms with Crippen LogP contribution < -0.4 is 4.74 Å². The number of carbonyl (C=O) groups excluding carboxylic acids is 1. The predicted molar refractivity (Wildman–Crippen MR) is 61.5 cm³/mol. The number of aryl methyl sites for hydroxylation is 1. The van der Waals surface area contributed by atoms with Crippen LogP contribution in [0.3, 0.4) is 0 Å². The van der Waals surface area contributed by atoms with Gasteiger partial charge in [0.15, 0.2) is 6.29 Å². The summed E-state index contributed by atoms with van der Waals surface area (Å²) in [4.78, 5) is 10.8. The normalized spacial score (nSPS) is 9.67. The van der Waals surface area contributed by atoms with Crippen molar-refractivity contribution in [2.75, 3.05) is 6.61 Å². The van der Waals surface area contributed by atoms with Gasteiger partial charge in [0.1, 0.15) is 5.75 Å². The van der Waals surface area contributed by atoms with Crippen molar-refractivity contribution < 1.29 is 9.53 Å². The highest BCUT2D eigenvalue weighted by Crippen LogP contribution is 2.21. The summed E-state index contributed by atoms with van der Waals surface area (Å²) in [5.74, 6) is 0.705. The number of benzene rings is 1. The van der Waals surface area contributed by atoms with E-state index in [1.165, 1.54) is 0 Å². The number of ether oxygens (including phenoxy) is 1. The Bertz CT molecular complexity index is 342. The topological polar surface area (TPSA) is 26.3 Å². The van der Waals surface area contributed by atoms with Crippen LogP contribution in [-0.2, 0) is 0 Å². The third-order valence-corrected chi connectivity index (χ3v) is 2.17. The maximum absolute atomic E-state index is 10.8. The minimum Gasteiger partial charge on any atom is -0.493 e. The summed E-state index contributed by atoms with van der Waals surface area (Å²) in [5, 5.41) is 0. The number of aldehydes is 1. The Balaban J connectivity index is 2.65. The first-order valence-corrected chi connectivity index (χ1v) is 5.08. The van der Waals surface area contributed by atoms with Crippen LogP contribution in [-0.4, -0.2) is 12.9 Å². The molecule has 15 heavy (non-hydrogen) atoms. The van der Waals surface area contributed by atoms with Crippen LogP contribution in [0.15, 0.2) is 30.9 Å². The molecule has 0 saturated carbocycles. The largest absolute Gasteiger partial charge is 0.493 e. The van der Waals surface area contributed by atoms with Crippen LogP contribution in [0, 0.1) is 6.92 Å². The van der Waals surface area contributed by atoms with E-state index in [0.29, 0.717) is 17.9 Å². The first-order valence-electron chi connectivity index (χ1n) is 5.08. The van der Waals surface area contributed by atoms with Gasteiger partial charge in [0.2, 0.25) is 0 Å². The van der Waals surface area contributed by atoms with Gasteiger partial charge in [0.05, 0.1) is 12.2 Å². The molecule has 0 fully saturated rings. The predicted octanol–water partition coefficient (Wildman–Crippen LogP) is 3.15. The lowest BCUT2D eigenvalue weighted by Gasteiger charge is -2.10. The van der Waals surface area contributed by atoms with Crippen molar-refractivity contribution in [3.63, 3.8) is 0 Å². The van der Waals surface area contributed by atoms with Crippen LogP contribution in [0.4, 0.5) is 0 Å². The highest BCUT2D eigenvalue weighted by atomic mass is 16.5. The number of hydrogen-bond acceptors (Lipinski definition) is 2. The summed E-state index contributed by atoms with van der Waals surface area (Å²) in [6.45, 7) is 6.21. The molecule has 0 bridgehead atoms. The molecule has 0 heterocycles. The molecule has 0 aromatic heterocycles. The minimum absolute atomic E-state index is 0.619. The molecule has 0 radical (unpaired) electrons. The molecule has 0 aliphatic carbocycles. The number of allylic oxidation sites excluding steroid dienone is 1. The van der Waals surface area contributed by atoms with Crippen molar-refractivity contribution in [3.8, 4) is 5.75 Å². The van der Waals surface area contributed by atoms with Crippen LogP contribution in [0.25, 0.3) is 0 Å². The second-order valence-corrected chi connectivity index (χ2v) is 3.39. The van der Waals surface area contributed by atoms with Gasteiger partial charge < -0.3 is 4.74 Å². The number of hydrogen-bond donors (Lipinski definition) is 0. The summed E-state index contributed by atoms with van der Waals surface area (Å²) in [5.41, 5.74) is 1.62. The van der Waals surface area contributed by atoms with E-state index in [9.17, 15) is 4.79 Å². The second kappa shape index (κ2) is 6.02. The third kappa shape index (κ3) is 3.24. The Morgan fingerprint density at radius 2 is 2.27 bits per heavy atom. The molecule has 0 atom stereocenters. The van der Waals surface area contributed by atoms with Gasteiger partial charge in [-0.1, -0.05) is 18.2 Å². The van der Waals surface area contributed by atoms with Gasteiger partial charge in [-0.25, -0.2) is 0 Å². The van der Waals surface area contributed by atoms with Gasteiger partial charge in [0, 0.05) is 0 Å². The Labute approximate surface area is 90.6 Å². The molecule has 0 amide bonds. The SMILES string of the molecule is C=CCCCOc1c(C)cccc1C=O. The van der Waals surface area contributed by atoms with E-state index in [2.05, 4.69) is 6.58 Å². The fraction of sp³-hybridized carbons (Fsp3) is 0.308. The molecule has 1 aromatic rings. The molecule has 0 unspecified atom stereocenters. The lowest BCUT2D eigenvalue weighted by Crippen LogP contribution is -2.01. The number of unbranched alkanes of at least 4 members (excludes halogenated alkanes) is 1. The maximum Gasteiger partial charge on any atom is 0.153 e. The minimum atomic E-state index is 0.619. The molecule has 2 heteroatoms. The van der Waals surface area contributed by atoms with Crippen LogP contribution in [0.5, 0.6) is 5.75 Å². The molecule has 0 aliphatic heterocycles. The molecule has 0 saturated heterocycles. The van der Waals surface area contributed by atoms with E-state index in [4.69, 9.17) is 4.74 Å². The lowest BCUT2D eigenvalue weighted by atomic mass is 10.1. The average molecular weight is 204 g/mol. The van der Waals surface area contributed by atoms with Crippen LogP contribution in [0.1, 0.15) is 28.8 Å². The highest BCUT2D eigenvalue weighted by Gasteiger charge is 2.05. The number of rotatable bonds is 6. The first kappa shape index (κ1) is 11.5. The van der Waals surface area contributed by atoms with E-state index in [0.717, 1.165) is 24.7 Å². The molecule has 80 valence electrons. The standard InChI is InChI=1S/C13H16O2/c1-3-4-5-9-15-13-11(2)7-6-8-12(13)10-14/h3,6-8,10H,1,4-5,9H2,2H3. The molecule has 0 N–H and O–H groups in total. The van der Waals surface area contributed by atoms with E-state index in [1.54, 1.807) is 6.07 Å². The number of para-hydroxylation sites is 1. The molecule has 0 aliphatic rings. The Kier molecular flexibility index (Phi) is 4.61. The van der Waals surface area contributed by atoms with Crippen molar-refractivity contribution >= 4 is 6.29 Å². The van der Waals surface area contributed by atoms with Gasteiger partial charge >= 0.3 is 0 Å². The molecular weight excluding hydrogens is 188 g/mol. The highest BCUT2D eigenvalue weighted by molar-refractivity contribution is 5.80. The summed E-state index contributed by atoms with van der Waals surface area (Å²) >= 11 is 0. The number of carbonyl (C=O) groups is 1. The molecule has 1 rings (SSSR count). The monoisotopic (exact) mass is 204 g/mol. The van der Waals surface area contributed by atoms with Crippen molar-refractivity contribution in [2.45, 2.75) is 19.8 Å². The summed E-state index contributed by atoms with van der Waals surface area (Å²) in [6, 6.07) is 5.56. The van der Waals surface area contributed by atoms with Crippen LogP contribution >= 0.6 is 0 Å². The van der Waals surface area contributed by atoms with E-state index < -0.39 is 0 Å². The average Bonchev–Trinajstić information content (AvgIpc) is 2.26. The lowest BCUT2D eigenvalue weighted by molar-refractivity contribution is 0.111. The Morgan fingerprint density at radius 1 is 1.47 bits per heavy atom. The quantitative estimate of drug-likeness (QED) is 0.404. The van der Waals surface area contributed by atoms with E-state index in [-0.39, 0.29) is 0 Å². The third-order valence-electron chi connectivity index (χ3n) is 2.17. The van der Waals surface area contributed by atoms with E-state index >= 15 is 0 Å². The van der Waals surface area contributed by atoms with Crippen molar-refractivity contribution in [1.82, 2.24) is 0 Å². The van der Waals surface area contributed by atoms with Gasteiger partial charge in [-0.05, 0) is 31.4 Å². The summed E-state index contributed by atoms with van der Waals surface area (Å²) < 4.78 is 5.58. The zero-order valence-electron chi connectivity index (χ0n) is 9.03.